The van der Waals surface area contributed by atoms with Gasteiger partial charge in [0.15, 0.2) is 0 Å². The predicted octanol–water partition coefficient (Wildman–Crippen LogP) is 3.88. The summed E-state index contributed by atoms with van der Waals surface area (Å²) in [5.74, 6) is 0.947. The van der Waals surface area contributed by atoms with E-state index in [0.29, 0.717) is 5.55 Å². The molecule has 0 fully saturated rings. The van der Waals surface area contributed by atoms with E-state index >= 15 is 0 Å². The molecule has 1 N–H and O–H groups in total. The minimum atomic E-state index is 0.341. The number of aryl methyl sites for hydroxylation is 4. The second-order valence-corrected chi connectivity index (χ2v) is 5.87. The molecular formula is C17H17NO3. The molecule has 0 bridgehead atoms. The summed E-state index contributed by atoms with van der Waals surface area (Å²) in [5, 5.41) is 14.8. The van der Waals surface area contributed by atoms with Gasteiger partial charge in [-0.05, 0) is 67.9 Å². The summed E-state index contributed by atoms with van der Waals surface area (Å²) >= 11 is 0. The minimum absolute atomic E-state index is 0.341. The highest BCUT2D eigenvalue weighted by atomic mass is 16.5. The van der Waals surface area contributed by atoms with E-state index in [9.17, 15) is 5.21 Å². The Kier molecular flexibility index (Phi) is 2.46. The molecule has 0 spiro atoms. The van der Waals surface area contributed by atoms with Gasteiger partial charge in [0.25, 0.3) is 5.55 Å². The molecule has 3 aromatic rings. The molecule has 4 nitrogen and oxygen atoms in total. The highest BCUT2D eigenvalue weighted by Gasteiger charge is 2.23. The van der Waals surface area contributed by atoms with Gasteiger partial charge in [0.2, 0.25) is 0 Å². The first kappa shape index (κ1) is 12.5. The van der Waals surface area contributed by atoms with Gasteiger partial charge in [0.05, 0.1) is 5.39 Å². The van der Waals surface area contributed by atoms with Crippen molar-refractivity contribution in [1.29, 1.82) is 0 Å². The molecule has 0 radical (unpaired) electrons. The zero-order valence-corrected chi connectivity index (χ0v) is 12.4. The standard InChI is InChI=1S/C17H17NO3/c1-8-7-13-15(16-14(8)9(2)10(3)20-16)11-5-4-6-12(11)17(18-19)21-13/h7,19H,4-6H2,1-3H3. The number of hydrogen-bond acceptors (Lipinski definition) is 4. The van der Waals surface area contributed by atoms with E-state index in [2.05, 4.69) is 19.0 Å². The molecule has 0 unspecified atom stereocenters. The molecule has 0 saturated carbocycles. The van der Waals surface area contributed by atoms with E-state index in [-0.39, 0.29) is 0 Å². The molecule has 4 rings (SSSR count). The quantitative estimate of drug-likeness (QED) is 0.503. The zero-order chi connectivity index (χ0) is 14.7. The Labute approximate surface area is 121 Å². The molecular weight excluding hydrogens is 266 g/mol. The van der Waals surface area contributed by atoms with Crippen LogP contribution in [0.25, 0.3) is 21.9 Å². The summed E-state index contributed by atoms with van der Waals surface area (Å²) in [5.41, 5.74) is 6.52. The fourth-order valence-corrected chi connectivity index (χ4v) is 3.60. The summed E-state index contributed by atoms with van der Waals surface area (Å²) in [6, 6.07) is 2.02. The third-order valence-corrected chi connectivity index (χ3v) is 4.68. The van der Waals surface area contributed by atoms with Crippen LogP contribution in [0.4, 0.5) is 0 Å². The van der Waals surface area contributed by atoms with E-state index in [4.69, 9.17) is 8.83 Å². The van der Waals surface area contributed by atoms with Crippen molar-refractivity contribution in [3.05, 3.63) is 39.6 Å². The van der Waals surface area contributed by atoms with Crippen LogP contribution in [0.1, 0.15) is 34.4 Å². The lowest BCUT2D eigenvalue weighted by molar-refractivity contribution is 0.275. The third-order valence-electron chi connectivity index (χ3n) is 4.68. The van der Waals surface area contributed by atoms with E-state index in [1.54, 1.807) is 0 Å². The molecule has 0 atom stereocenters. The highest BCUT2D eigenvalue weighted by Crippen LogP contribution is 2.38. The van der Waals surface area contributed by atoms with Crippen molar-refractivity contribution in [2.24, 2.45) is 5.16 Å². The van der Waals surface area contributed by atoms with Crippen molar-refractivity contribution < 1.29 is 14.0 Å². The molecule has 0 amide bonds. The number of nitrogens with zero attached hydrogens (tertiary/aromatic N) is 1. The van der Waals surface area contributed by atoms with Crippen LogP contribution in [0, 0.1) is 20.8 Å². The van der Waals surface area contributed by atoms with Gasteiger partial charge in [-0.2, -0.15) is 0 Å². The number of rotatable bonds is 0. The molecule has 1 aliphatic rings. The van der Waals surface area contributed by atoms with Crippen LogP contribution in [0.2, 0.25) is 0 Å². The van der Waals surface area contributed by atoms with Gasteiger partial charge in [0.1, 0.15) is 16.9 Å². The molecule has 108 valence electrons. The molecule has 1 aliphatic carbocycles. The Bertz CT molecular complexity index is 960. The zero-order valence-electron chi connectivity index (χ0n) is 12.4. The van der Waals surface area contributed by atoms with Crippen LogP contribution in [0.3, 0.4) is 0 Å². The smallest absolute Gasteiger partial charge is 0.259 e. The minimum Gasteiger partial charge on any atom is -0.460 e. The Balaban J connectivity index is 2.32. The molecule has 4 heteroatoms. The Morgan fingerprint density at radius 1 is 1.05 bits per heavy atom. The average molecular weight is 283 g/mol. The SMILES string of the molecule is Cc1oc2c(c(C)cc3oc(=NO)c4c(c32)CCC4)c1C. The Morgan fingerprint density at radius 3 is 2.57 bits per heavy atom. The second-order valence-electron chi connectivity index (χ2n) is 5.87. The fraction of sp³-hybridized carbons (Fsp3) is 0.353. The van der Waals surface area contributed by atoms with Crippen molar-refractivity contribution in [1.82, 2.24) is 0 Å². The fourth-order valence-electron chi connectivity index (χ4n) is 3.60. The lowest BCUT2D eigenvalue weighted by Gasteiger charge is -2.07. The van der Waals surface area contributed by atoms with E-state index in [1.165, 1.54) is 16.5 Å². The van der Waals surface area contributed by atoms with Crippen molar-refractivity contribution in [2.75, 3.05) is 0 Å². The van der Waals surface area contributed by atoms with Gasteiger partial charge in [-0.25, -0.2) is 0 Å². The number of benzene rings is 1. The van der Waals surface area contributed by atoms with E-state index in [0.717, 1.165) is 52.7 Å². The third kappa shape index (κ3) is 1.53. The first-order valence-electron chi connectivity index (χ1n) is 7.27. The maximum atomic E-state index is 9.20. The normalized spacial score (nSPS) is 15.3. The molecule has 2 heterocycles. The first-order chi connectivity index (χ1) is 10.1. The van der Waals surface area contributed by atoms with Gasteiger partial charge >= 0.3 is 0 Å². The van der Waals surface area contributed by atoms with Crippen LogP contribution in [-0.2, 0) is 12.8 Å². The van der Waals surface area contributed by atoms with Crippen molar-refractivity contribution in [2.45, 2.75) is 40.0 Å². The Morgan fingerprint density at radius 2 is 1.81 bits per heavy atom. The van der Waals surface area contributed by atoms with Crippen molar-refractivity contribution >= 4 is 21.9 Å². The lowest BCUT2D eigenvalue weighted by atomic mass is 10.00. The Hall–Kier alpha value is -2.23. The molecule has 1 aromatic carbocycles. The molecule has 0 aliphatic heterocycles. The first-order valence-corrected chi connectivity index (χ1v) is 7.27. The molecule has 21 heavy (non-hydrogen) atoms. The summed E-state index contributed by atoms with van der Waals surface area (Å²) in [7, 11) is 0. The van der Waals surface area contributed by atoms with Gasteiger partial charge in [-0.15, -0.1) is 0 Å². The number of hydrogen-bond donors (Lipinski definition) is 1. The molecule has 2 aromatic heterocycles. The van der Waals surface area contributed by atoms with Gasteiger partial charge in [-0.1, -0.05) is 0 Å². The topological polar surface area (TPSA) is 58.9 Å². The highest BCUT2D eigenvalue weighted by molar-refractivity contribution is 6.07. The summed E-state index contributed by atoms with van der Waals surface area (Å²) < 4.78 is 11.9. The van der Waals surface area contributed by atoms with Crippen LogP contribution < -0.4 is 5.55 Å². The van der Waals surface area contributed by atoms with E-state index in [1.807, 2.05) is 13.0 Å². The van der Waals surface area contributed by atoms with Crippen LogP contribution in [-0.4, -0.2) is 5.21 Å². The summed E-state index contributed by atoms with van der Waals surface area (Å²) in [4.78, 5) is 0. The maximum Gasteiger partial charge on any atom is 0.259 e. The number of furan rings is 1. The number of fused-ring (bicyclic) bond motifs is 5. The van der Waals surface area contributed by atoms with Gasteiger partial charge < -0.3 is 14.0 Å². The van der Waals surface area contributed by atoms with Gasteiger partial charge in [0, 0.05) is 10.9 Å². The van der Waals surface area contributed by atoms with Crippen LogP contribution in [0.15, 0.2) is 20.1 Å². The van der Waals surface area contributed by atoms with Crippen molar-refractivity contribution in [3.63, 3.8) is 0 Å². The largest absolute Gasteiger partial charge is 0.460 e. The van der Waals surface area contributed by atoms with Crippen molar-refractivity contribution in [3.8, 4) is 0 Å². The van der Waals surface area contributed by atoms with Crippen LogP contribution >= 0.6 is 0 Å². The summed E-state index contributed by atoms with van der Waals surface area (Å²) in [6.07, 6.45) is 2.92. The monoisotopic (exact) mass is 283 g/mol. The van der Waals surface area contributed by atoms with E-state index < -0.39 is 0 Å². The predicted molar refractivity (Wildman–Crippen MR) is 79.6 cm³/mol. The average Bonchev–Trinajstić information content (AvgIpc) is 3.04. The maximum absolute atomic E-state index is 9.20. The second kappa shape index (κ2) is 4.13. The summed E-state index contributed by atoms with van der Waals surface area (Å²) in [6.45, 7) is 6.15. The van der Waals surface area contributed by atoms with Crippen LogP contribution in [0.5, 0.6) is 0 Å². The molecule has 0 saturated heterocycles. The van der Waals surface area contributed by atoms with Gasteiger partial charge in [-0.3, -0.25) is 0 Å². The lowest BCUT2D eigenvalue weighted by Crippen LogP contribution is -2.09.